The molecule has 0 aliphatic carbocycles. The van der Waals surface area contributed by atoms with Gasteiger partial charge >= 0.3 is 12.3 Å². The molecule has 0 aromatic heterocycles. The molecular formula is C13H11F3N2O2. The Morgan fingerprint density at radius 3 is 2.30 bits per heavy atom. The summed E-state index contributed by atoms with van der Waals surface area (Å²) in [7, 11) is 0. The van der Waals surface area contributed by atoms with Crippen LogP contribution in [0.4, 0.5) is 18.0 Å². The Balaban J connectivity index is 3.22. The first-order valence-electron chi connectivity index (χ1n) is 5.59. The molecule has 0 atom stereocenters. The maximum Gasteiger partial charge on any atom is 0.416 e. The molecule has 1 amide bonds. The van der Waals surface area contributed by atoms with Crippen molar-refractivity contribution in [2.75, 3.05) is 6.54 Å². The zero-order valence-electron chi connectivity index (χ0n) is 10.5. The Kier molecular flexibility index (Phi) is 4.75. The van der Waals surface area contributed by atoms with E-state index in [9.17, 15) is 18.0 Å². The number of carbonyl (C=O) groups is 1. The number of hydrogen-bond donors (Lipinski definition) is 1. The van der Waals surface area contributed by atoms with Crippen LogP contribution in [-0.4, -0.2) is 22.6 Å². The van der Waals surface area contributed by atoms with Gasteiger partial charge in [0, 0.05) is 12.6 Å². The summed E-state index contributed by atoms with van der Waals surface area (Å²) in [6, 6.07) is 5.65. The van der Waals surface area contributed by atoms with Gasteiger partial charge in [0.1, 0.15) is 0 Å². The normalized spacial score (nSPS) is 11.8. The summed E-state index contributed by atoms with van der Waals surface area (Å²) < 4.78 is 37.4. The summed E-state index contributed by atoms with van der Waals surface area (Å²) in [6.07, 6.45) is -4.76. The van der Waals surface area contributed by atoms with Gasteiger partial charge in [-0.05, 0) is 24.6 Å². The first-order chi connectivity index (χ1) is 9.31. The van der Waals surface area contributed by atoms with E-state index in [4.69, 9.17) is 10.4 Å². The van der Waals surface area contributed by atoms with Crippen LogP contribution in [-0.2, 0) is 6.18 Å². The second-order valence-corrected chi connectivity index (χ2v) is 3.76. The molecule has 0 radical (unpaired) electrons. The molecule has 0 aliphatic heterocycles. The predicted molar refractivity (Wildman–Crippen MR) is 65.4 cm³/mol. The van der Waals surface area contributed by atoms with E-state index in [-0.39, 0.29) is 17.8 Å². The highest BCUT2D eigenvalue weighted by Crippen LogP contribution is 2.30. The molecule has 106 valence electrons. The highest BCUT2D eigenvalue weighted by atomic mass is 19.4. The van der Waals surface area contributed by atoms with Crippen LogP contribution < -0.4 is 0 Å². The zero-order valence-corrected chi connectivity index (χ0v) is 10.5. The van der Waals surface area contributed by atoms with E-state index in [0.717, 1.165) is 35.2 Å². The first-order valence-corrected chi connectivity index (χ1v) is 5.59. The molecule has 0 saturated heterocycles. The van der Waals surface area contributed by atoms with Gasteiger partial charge in [-0.25, -0.2) is 4.79 Å². The Bertz CT molecular complexity index is 556. The molecule has 1 aromatic rings. The van der Waals surface area contributed by atoms with Crippen LogP contribution >= 0.6 is 0 Å². The molecule has 0 unspecified atom stereocenters. The molecule has 1 N–H and O–H groups in total. The summed E-state index contributed by atoms with van der Waals surface area (Å²) >= 11 is 0. The van der Waals surface area contributed by atoms with Gasteiger partial charge in [-0.3, -0.25) is 4.90 Å². The number of benzene rings is 1. The van der Waals surface area contributed by atoms with E-state index in [1.807, 2.05) is 0 Å². The van der Waals surface area contributed by atoms with Crippen molar-refractivity contribution in [1.29, 1.82) is 5.26 Å². The van der Waals surface area contributed by atoms with Crippen molar-refractivity contribution in [3.05, 3.63) is 41.5 Å². The number of allylic oxidation sites excluding steroid dienone is 1. The average Bonchev–Trinajstić information content (AvgIpc) is 2.37. The number of amides is 1. The van der Waals surface area contributed by atoms with Gasteiger partial charge in [0.2, 0.25) is 0 Å². The maximum absolute atomic E-state index is 12.5. The molecule has 0 bridgehead atoms. The third kappa shape index (κ3) is 3.51. The maximum atomic E-state index is 12.5. The Labute approximate surface area is 113 Å². The topological polar surface area (TPSA) is 64.3 Å². The van der Waals surface area contributed by atoms with Crippen molar-refractivity contribution in [3.63, 3.8) is 0 Å². The molecule has 20 heavy (non-hydrogen) atoms. The molecule has 0 saturated carbocycles. The number of nitrogens with zero attached hydrogens (tertiary/aromatic N) is 2. The van der Waals surface area contributed by atoms with E-state index in [1.165, 1.54) is 0 Å². The quantitative estimate of drug-likeness (QED) is 0.863. The van der Waals surface area contributed by atoms with E-state index in [1.54, 1.807) is 13.0 Å². The minimum absolute atomic E-state index is 0.0382. The van der Waals surface area contributed by atoms with Gasteiger partial charge < -0.3 is 5.11 Å². The van der Waals surface area contributed by atoms with E-state index in [2.05, 4.69) is 0 Å². The van der Waals surface area contributed by atoms with Gasteiger partial charge in [0.05, 0.1) is 17.3 Å². The molecule has 1 rings (SSSR count). The second-order valence-electron chi connectivity index (χ2n) is 3.76. The van der Waals surface area contributed by atoms with Crippen LogP contribution in [0.25, 0.3) is 5.70 Å². The van der Waals surface area contributed by atoms with Gasteiger partial charge in [0.15, 0.2) is 0 Å². The lowest BCUT2D eigenvalue weighted by atomic mass is 10.1. The molecule has 4 nitrogen and oxygen atoms in total. The smallest absolute Gasteiger partial charge is 0.416 e. The van der Waals surface area contributed by atoms with Crippen molar-refractivity contribution >= 4 is 11.8 Å². The highest BCUT2D eigenvalue weighted by Gasteiger charge is 2.30. The number of halogens is 3. The molecule has 0 heterocycles. The van der Waals surface area contributed by atoms with Crippen molar-refractivity contribution in [2.45, 2.75) is 13.1 Å². The highest BCUT2D eigenvalue weighted by molar-refractivity contribution is 5.81. The average molecular weight is 284 g/mol. The van der Waals surface area contributed by atoms with Crippen molar-refractivity contribution in [3.8, 4) is 6.07 Å². The summed E-state index contributed by atoms with van der Waals surface area (Å²) in [6.45, 7) is 1.63. The van der Waals surface area contributed by atoms with Crippen LogP contribution in [0.5, 0.6) is 0 Å². The third-order valence-electron chi connectivity index (χ3n) is 2.55. The fourth-order valence-corrected chi connectivity index (χ4v) is 1.62. The molecular weight excluding hydrogens is 273 g/mol. The summed E-state index contributed by atoms with van der Waals surface area (Å²) in [5, 5.41) is 17.7. The van der Waals surface area contributed by atoms with Crippen LogP contribution in [0.1, 0.15) is 18.1 Å². The first kappa shape index (κ1) is 15.6. The number of carboxylic acid groups (broad SMARTS) is 1. The Morgan fingerprint density at radius 1 is 1.40 bits per heavy atom. The lowest BCUT2D eigenvalue weighted by Crippen LogP contribution is -2.27. The van der Waals surface area contributed by atoms with Gasteiger partial charge in [-0.2, -0.15) is 18.4 Å². The van der Waals surface area contributed by atoms with Crippen molar-refractivity contribution in [1.82, 2.24) is 4.90 Å². The minimum atomic E-state index is -4.46. The van der Waals surface area contributed by atoms with Crippen molar-refractivity contribution in [2.24, 2.45) is 0 Å². The SMILES string of the molecule is CCN(C(=O)O)/C(=C/C#N)c1ccc(C(F)(F)F)cc1. The number of nitriles is 1. The van der Waals surface area contributed by atoms with Gasteiger partial charge in [-0.15, -0.1) is 0 Å². The Hall–Kier alpha value is -2.49. The van der Waals surface area contributed by atoms with Gasteiger partial charge in [0.25, 0.3) is 0 Å². The van der Waals surface area contributed by atoms with Crippen LogP contribution in [0.2, 0.25) is 0 Å². The second kappa shape index (κ2) is 6.10. The number of hydrogen-bond acceptors (Lipinski definition) is 2. The molecule has 0 fully saturated rings. The Morgan fingerprint density at radius 2 is 1.95 bits per heavy atom. The fraction of sp³-hybridized carbons (Fsp3) is 0.231. The minimum Gasteiger partial charge on any atom is -0.465 e. The van der Waals surface area contributed by atoms with Crippen LogP contribution in [0, 0.1) is 11.3 Å². The molecule has 7 heteroatoms. The summed E-state index contributed by atoms with van der Waals surface area (Å²) in [4.78, 5) is 11.9. The lowest BCUT2D eigenvalue weighted by Gasteiger charge is -2.20. The lowest BCUT2D eigenvalue weighted by molar-refractivity contribution is -0.137. The monoisotopic (exact) mass is 284 g/mol. The van der Waals surface area contributed by atoms with E-state index in [0.29, 0.717) is 0 Å². The molecule has 0 spiro atoms. The van der Waals surface area contributed by atoms with Gasteiger partial charge in [-0.1, -0.05) is 12.1 Å². The number of rotatable bonds is 3. The predicted octanol–water partition coefficient (Wildman–Crippen LogP) is 3.57. The standard InChI is InChI=1S/C13H11F3N2O2/c1-2-18(12(19)20)11(7-8-17)9-3-5-10(6-4-9)13(14,15)16/h3-7H,2H2,1H3,(H,19,20)/b11-7+. The summed E-state index contributed by atoms with van der Waals surface area (Å²) in [5.74, 6) is 0. The third-order valence-corrected chi connectivity index (χ3v) is 2.55. The van der Waals surface area contributed by atoms with Crippen LogP contribution in [0.3, 0.4) is 0 Å². The zero-order chi connectivity index (χ0) is 15.3. The largest absolute Gasteiger partial charge is 0.465 e. The fourth-order valence-electron chi connectivity index (χ4n) is 1.62. The van der Waals surface area contributed by atoms with Crippen molar-refractivity contribution < 1.29 is 23.1 Å². The molecule has 0 aliphatic rings. The number of alkyl halides is 3. The summed E-state index contributed by atoms with van der Waals surface area (Å²) in [5.41, 5.74) is -0.573. The van der Waals surface area contributed by atoms with E-state index < -0.39 is 17.8 Å². The molecule has 1 aromatic carbocycles. The van der Waals surface area contributed by atoms with E-state index >= 15 is 0 Å². The van der Waals surface area contributed by atoms with Crippen LogP contribution in [0.15, 0.2) is 30.3 Å².